The van der Waals surface area contributed by atoms with Crippen molar-refractivity contribution in [2.45, 2.75) is 144 Å². The molecule has 0 aliphatic carbocycles. The lowest BCUT2D eigenvalue weighted by atomic mass is 10.1. The molecule has 5 heteroatoms. The monoisotopic (exact) mass is 494 g/mol. The highest BCUT2D eigenvalue weighted by atomic mass is 16.5. The molecule has 0 aliphatic heterocycles. The van der Waals surface area contributed by atoms with Crippen LogP contribution in [-0.4, -0.2) is 62.4 Å². The molecule has 3 N–H and O–H groups in total. The van der Waals surface area contributed by atoms with E-state index < -0.39 is 6.10 Å². The zero-order chi connectivity index (χ0) is 26.5. The van der Waals surface area contributed by atoms with Crippen LogP contribution >= 0.6 is 0 Å². The van der Waals surface area contributed by atoms with Gasteiger partial charge in [0.2, 0.25) is 0 Å². The van der Waals surface area contributed by atoms with Crippen LogP contribution in [0.3, 0.4) is 0 Å². The fourth-order valence-electron chi connectivity index (χ4n) is 3.05. The fraction of sp³-hybridized carbons (Fsp3) is 1.00. The molecule has 0 aliphatic rings. The van der Waals surface area contributed by atoms with Gasteiger partial charge in [0.05, 0.1) is 32.5 Å². The molecule has 0 rings (SSSR count). The van der Waals surface area contributed by atoms with Crippen LogP contribution in [0.1, 0.15) is 138 Å². The highest BCUT2D eigenvalue weighted by Crippen LogP contribution is 2.08. The predicted octanol–water partition coefficient (Wildman–Crippen LogP) is 7.52. The summed E-state index contributed by atoms with van der Waals surface area (Å²) in [7, 11) is 0. The number of hydrogen-bond acceptors (Lipinski definition) is 5. The normalized spacial score (nSPS) is 10.9. The molecule has 1 atom stereocenters. The number of aliphatic hydroxyl groups is 2. The summed E-state index contributed by atoms with van der Waals surface area (Å²) in [5, 5.41) is 21.3. The second-order valence-corrected chi connectivity index (χ2v) is 8.16. The maximum Gasteiger partial charge on any atom is 0.0897 e. The van der Waals surface area contributed by atoms with Crippen LogP contribution in [0.5, 0.6) is 0 Å². The SMILES string of the molecule is CC.CC.CCCCCCCC.CCCCCCCCCCOCC(O)CNCCOCCO. The Hall–Kier alpha value is -0.200. The molecular formula is C29H67NO4. The van der Waals surface area contributed by atoms with Gasteiger partial charge < -0.3 is 25.0 Å². The smallest absolute Gasteiger partial charge is 0.0897 e. The van der Waals surface area contributed by atoms with E-state index in [-0.39, 0.29) is 6.61 Å². The van der Waals surface area contributed by atoms with Crippen LogP contribution in [0.25, 0.3) is 0 Å². The highest BCUT2D eigenvalue weighted by Gasteiger charge is 2.03. The minimum Gasteiger partial charge on any atom is -0.394 e. The molecule has 0 bridgehead atoms. The second-order valence-electron chi connectivity index (χ2n) is 8.16. The molecule has 0 aromatic rings. The van der Waals surface area contributed by atoms with E-state index in [1.165, 1.54) is 83.5 Å². The third kappa shape index (κ3) is 49.0. The van der Waals surface area contributed by atoms with E-state index in [2.05, 4.69) is 26.1 Å². The first-order valence-electron chi connectivity index (χ1n) is 14.9. The van der Waals surface area contributed by atoms with E-state index >= 15 is 0 Å². The Bertz CT molecular complexity index is 275. The Morgan fingerprint density at radius 2 is 1.03 bits per heavy atom. The minimum absolute atomic E-state index is 0.0508. The third-order valence-corrected chi connectivity index (χ3v) is 4.95. The molecule has 0 aromatic heterocycles. The minimum atomic E-state index is -0.466. The van der Waals surface area contributed by atoms with Crippen LogP contribution in [0.4, 0.5) is 0 Å². The largest absolute Gasteiger partial charge is 0.394 e. The Morgan fingerprint density at radius 1 is 0.588 bits per heavy atom. The van der Waals surface area contributed by atoms with Crippen LogP contribution in [0, 0.1) is 0 Å². The Morgan fingerprint density at radius 3 is 1.47 bits per heavy atom. The quantitative estimate of drug-likeness (QED) is 0.128. The van der Waals surface area contributed by atoms with Crippen molar-refractivity contribution in [3.05, 3.63) is 0 Å². The fourth-order valence-corrected chi connectivity index (χ4v) is 3.05. The molecule has 0 radical (unpaired) electrons. The van der Waals surface area contributed by atoms with Crippen molar-refractivity contribution < 1.29 is 19.7 Å². The summed E-state index contributed by atoms with van der Waals surface area (Å²) in [5.41, 5.74) is 0. The molecule has 0 amide bonds. The maximum atomic E-state index is 9.71. The van der Waals surface area contributed by atoms with E-state index in [0.29, 0.717) is 32.9 Å². The van der Waals surface area contributed by atoms with Gasteiger partial charge in [0.15, 0.2) is 0 Å². The lowest BCUT2D eigenvalue weighted by molar-refractivity contribution is 0.0336. The van der Waals surface area contributed by atoms with Crippen LogP contribution in [-0.2, 0) is 9.47 Å². The summed E-state index contributed by atoms with van der Waals surface area (Å²) in [6.07, 6.45) is 18.4. The first-order valence-corrected chi connectivity index (χ1v) is 14.9. The van der Waals surface area contributed by atoms with E-state index in [1.54, 1.807) is 0 Å². The molecule has 0 saturated heterocycles. The van der Waals surface area contributed by atoms with Crippen LogP contribution in [0.15, 0.2) is 0 Å². The zero-order valence-electron chi connectivity index (χ0n) is 24.6. The molecule has 34 heavy (non-hydrogen) atoms. The summed E-state index contributed by atoms with van der Waals surface area (Å²) >= 11 is 0. The van der Waals surface area contributed by atoms with Crippen molar-refractivity contribution in [1.29, 1.82) is 0 Å². The number of rotatable bonds is 23. The summed E-state index contributed by atoms with van der Waals surface area (Å²) in [4.78, 5) is 0. The molecule has 0 fully saturated rings. The molecule has 0 aromatic carbocycles. The van der Waals surface area contributed by atoms with Gasteiger partial charge in [-0.3, -0.25) is 0 Å². The molecule has 5 nitrogen and oxygen atoms in total. The molecule has 1 unspecified atom stereocenters. The van der Waals surface area contributed by atoms with Crippen molar-refractivity contribution in [3.63, 3.8) is 0 Å². The summed E-state index contributed by atoms with van der Waals surface area (Å²) in [6, 6.07) is 0. The highest BCUT2D eigenvalue weighted by molar-refractivity contribution is 4.58. The molecule has 0 heterocycles. The predicted molar refractivity (Wildman–Crippen MR) is 152 cm³/mol. The van der Waals surface area contributed by atoms with Crippen molar-refractivity contribution in [3.8, 4) is 0 Å². The van der Waals surface area contributed by atoms with Gasteiger partial charge in [-0.05, 0) is 6.42 Å². The maximum absolute atomic E-state index is 9.71. The van der Waals surface area contributed by atoms with Gasteiger partial charge in [0.25, 0.3) is 0 Å². The topological polar surface area (TPSA) is 71.0 Å². The zero-order valence-corrected chi connectivity index (χ0v) is 24.6. The van der Waals surface area contributed by atoms with Crippen molar-refractivity contribution >= 4 is 0 Å². The van der Waals surface area contributed by atoms with Crippen LogP contribution in [0.2, 0.25) is 0 Å². The average Bonchev–Trinajstić information content (AvgIpc) is 2.88. The van der Waals surface area contributed by atoms with Crippen molar-refractivity contribution in [2.75, 3.05) is 46.1 Å². The standard InChI is InChI=1S/C17H37NO4.C8H18.2C2H6/c1-2-3-4-5-6-7-8-9-12-22-16-17(20)15-18-10-13-21-14-11-19;1-3-5-7-8-6-4-2;2*1-2/h17-20H,2-16H2,1H3;3-8H2,1-2H3;2*1-2H3. The van der Waals surface area contributed by atoms with E-state index in [4.69, 9.17) is 14.6 Å². The number of aliphatic hydroxyl groups excluding tert-OH is 2. The number of ether oxygens (including phenoxy) is 2. The van der Waals surface area contributed by atoms with Crippen molar-refractivity contribution in [1.82, 2.24) is 5.32 Å². The Labute approximate surface area is 215 Å². The third-order valence-electron chi connectivity index (χ3n) is 4.95. The van der Waals surface area contributed by atoms with Crippen LogP contribution < -0.4 is 5.32 Å². The summed E-state index contributed by atoms with van der Waals surface area (Å²) < 4.78 is 10.6. The first kappa shape index (κ1) is 40.9. The Kier molecular flexibility index (Phi) is 55.6. The lowest BCUT2D eigenvalue weighted by Crippen LogP contribution is -2.32. The number of nitrogens with one attached hydrogen (secondary N) is 1. The molecule has 0 spiro atoms. The van der Waals surface area contributed by atoms with E-state index in [0.717, 1.165) is 13.0 Å². The summed E-state index contributed by atoms with van der Waals surface area (Å²) in [5.74, 6) is 0. The van der Waals surface area contributed by atoms with Gasteiger partial charge >= 0.3 is 0 Å². The lowest BCUT2D eigenvalue weighted by Gasteiger charge is -2.12. The molecular weight excluding hydrogens is 426 g/mol. The molecule has 212 valence electrons. The first-order chi connectivity index (χ1) is 16.7. The van der Waals surface area contributed by atoms with Gasteiger partial charge in [0, 0.05) is 19.7 Å². The number of hydrogen-bond donors (Lipinski definition) is 3. The summed E-state index contributed by atoms with van der Waals surface area (Å²) in [6.45, 7) is 18.0. The van der Waals surface area contributed by atoms with E-state index in [1.807, 2.05) is 27.7 Å². The van der Waals surface area contributed by atoms with E-state index in [9.17, 15) is 5.11 Å². The van der Waals surface area contributed by atoms with Gasteiger partial charge in [-0.15, -0.1) is 0 Å². The van der Waals surface area contributed by atoms with Gasteiger partial charge in [0.1, 0.15) is 0 Å². The second kappa shape index (κ2) is 46.2. The number of unbranched alkanes of at least 4 members (excludes halogenated alkanes) is 12. The molecule has 0 saturated carbocycles. The van der Waals surface area contributed by atoms with Gasteiger partial charge in [-0.1, -0.05) is 132 Å². The Balaban J connectivity index is -0.000000312. The van der Waals surface area contributed by atoms with Gasteiger partial charge in [-0.2, -0.15) is 0 Å². The van der Waals surface area contributed by atoms with Crippen molar-refractivity contribution in [2.24, 2.45) is 0 Å². The average molecular weight is 494 g/mol. The van der Waals surface area contributed by atoms with Gasteiger partial charge in [-0.25, -0.2) is 0 Å².